The highest BCUT2D eigenvalue weighted by Crippen LogP contribution is 2.14. The fraction of sp³-hybridized carbons (Fsp3) is 0.778. The van der Waals surface area contributed by atoms with Crippen molar-refractivity contribution in [3.8, 4) is 0 Å². The van der Waals surface area contributed by atoms with E-state index in [2.05, 4.69) is 12.2 Å². The summed E-state index contributed by atoms with van der Waals surface area (Å²) < 4.78 is 0. The van der Waals surface area contributed by atoms with Crippen molar-refractivity contribution < 1.29 is 4.79 Å². The lowest BCUT2D eigenvalue weighted by Gasteiger charge is -2.20. The summed E-state index contributed by atoms with van der Waals surface area (Å²) in [5.74, 6) is 0.361. The first kappa shape index (κ1) is 10.0. The van der Waals surface area contributed by atoms with Gasteiger partial charge in [0.1, 0.15) is 5.84 Å². The van der Waals surface area contributed by atoms with Crippen LogP contribution in [0.2, 0.25) is 0 Å². The highest BCUT2D eigenvalue weighted by atomic mass is 16.2. The number of carbonyl (C=O) groups is 1. The van der Waals surface area contributed by atoms with Gasteiger partial charge in [0.25, 0.3) is 0 Å². The molecule has 1 rings (SSSR count). The molecule has 1 heterocycles. The zero-order chi connectivity index (χ0) is 9.84. The predicted octanol–water partition coefficient (Wildman–Crippen LogP) is 1.57. The first-order valence-electron chi connectivity index (χ1n) is 4.86. The van der Waals surface area contributed by atoms with Crippen molar-refractivity contribution in [1.82, 2.24) is 10.2 Å². The third-order valence-corrected chi connectivity index (χ3v) is 2.38. The fourth-order valence-electron chi connectivity index (χ4n) is 1.63. The second kappa shape index (κ2) is 4.25. The van der Waals surface area contributed by atoms with Crippen LogP contribution in [0, 0.1) is 5.41 Å². The first-order valence-corrected chi connectivity index (χ1v) is 4.86. The molecular formula is C9H17N3O. The van der Waals surface area contributed by atoms with E-state index in [1.807, 2.05) is 6.92 Å². The van der Waals surface area contributed by atoms with Gasteiger partial charge in [0.15, 0.2) is 0 Å². The number of hydrogen-bond acceptors (Lipinski definition) is 2. The van der Waals surface area contributed by atoms with Gasteiger partial charge in [-0.25, -0.2) is 4.79 Å². The zero-order valence-electron chi connectivity index (χ0n) is 8.26. The molecule has 1 saturated heterocycles. The van der Waals surface area contributed by atoms with Crippen LogP contribution in [-0.4, -0.2) is 29.4 Å². The predicted molar refractivity (Wildman–Crippen MR) is 52.0 cm³/mol. The van der Waals surface area contributed by atoms with Crippen LogP contribution in [-0.2, 0) is 0 Å². The molecule has 4 heteroatoms. The molecule has 4 nitrogen and oxygen atoms in total. The van der Waals surface area contributed by atoms with Crippen LogP contribution in [0.25, 0.3) is 0 Å². The largest absolute Gasteiger partial charge is 0.323 e. The number of likely N-dealkylation sites (N-methyl/N-ethyl adjacent to an activating group) is 1. The minimum absolute atomic E-state index is 0.00236. The van der Waals surface area contributed by atoms with Crippen LogP contribution in [0.4, 0.5) is 4.79 Å². The maximum atomic E-state index is 11.3. The maximum absolute atomic E-state index is 11.3. The van der Waals surface area contributed by atoms with Gasteiger partial charge in [-0.05, 0) is 13.3 Å². The van der Waals surface area contributed by atoms with E-state index in [1.165, 1.54) is 0 Å². The Labute approximate surface area is 78.8 Å². The minimum atomic E-state index is -0.117. The topological polar surface area (TPSA) is 56.2 Å². The molecule has 0 aromatic carbocycles. The number of unbranched alkanes of at least 4 members (excludes halogenated alkanes) is 1. The molecule has 0 radical (unpaired) electrons. The summed E-state index contributed by atoms with van der Waals surface area (Å²) in [6.45, 7) is 4.74. The average Bonchev–Trinajstić information content (AvgIpc) is 2.37. The molecule has 2 N–H and O–H groups in total. The molecule has 0 saturated carbocycles. The summed E-state index contributed by atoms with van der Waals surface area (Å²) in [7, 11) is 0. The van der Waals surface area contributed by atoms with Crippen molar-refractivity contribution in [2.45, 2.75) is 39.2 Å². The number of hydrogen-bond donors (Lipinski definition) is 2. The maximum Gasteiger partial charge on any atom is 0.323 e. The Hall–Kier alpha value is -1.06. The van der Waals surface area contributed by atoms with Crippen LogP contribution < -0.4 is 5.32 Å². The Kier molecular flexibility index (Phi) is 3.28. The van der Waals surface area contributed by atoms with E-state index < -0.39 is 0 Å². The second-order valence-electron chi connectivity index (χ2n) is 3.29. The Morgan fingerprint density at radius 1 is 1.54 bits per heavy atom. The van der Waals surface area contributed by atoms with Crippen molar-refractivity contribution in [2.24, 2.45) is 0 Å². The molecule has 1 atom stereocenters. The van der Waals surface area contributed by atoms with Gasteiger partial charge in [-0.2, -0.15) is 0 Å². The van der Waals surface area contributed by atoms with Gasteiger partial charge in [0.05, 0.1) is 6.04 Å². The highest BCUT2D eigenvalue weighted by molar-refractivity contribution is 6.05. The van der Waals surface area contributed by atoms with Gasteiger partial charge >= 0.3 is 6.03 Å². The smallest absolute Gasteiger partial charge is 0.315 e. The van der Waals surface area contributed by atoms with E-state index in [0.29, 0.717) is 12.4 Å². The number of urea groups is 1. The number of amides is 2. The molecule has 0 aromatic heterocycles. The van der Waals surface area contributed by atoms with Crippen LogP contribution in [0.15, 0.2) is 0 Å². The van der Waals surface area contributed by atoms with E-state index in [9.17, 15) is 4.79 Å². The Morgan fingerprint density at radius 2 is 2.23 bits per heavy atom. The standard InChI is InChI=1S/C9H17N3O/c1-3-5-6-7-8(10)11-9(13)12(7)4-2/h7H,3-6H2,1-2H3,(H2,10,11,13). The summed E-state index contributed by atoms with van der Waals surface area (Å²) in [5, 5.41) is 10.1. The van der Waals surface area contributed by atoms with Crippen molar-refractivity contribution in [1.29, 1.82) is 5.41 Å². The van der Waals surface area contributed by atoms with E-state index in [0.717, 1.165) is 19.3 Å². The number of rotatable bonds is 4. The average molecular weight is 183 g/mol. The molecule has 0 aliphatic carbocycles. The Morgan fingerprint density at radius 3 is 2.77 bits per heavy atom. The van der Waals surface area contributed by atoms with Crippen molar-refractivity contribution in [3.63, 3.8) is 0 Å². The molecule has 74 valence electrons. The van der Waals surface area contributed by atoms with Gasteiger partial charge in [0.2, 0.25) is 0 Å². The van der Waals surface area contributed by atoms with Gasteiger partial charge < -0.3 is 4.90 Å². The fourth-order valence-corrected chi connectivity index (χ4v) is 1.63. The molecule has 2 amide bonds. The molecule has 13 heavy (non-hydrogen) atoms. The van der Waals surface area contributed by atoms with Crippen LogP contribution in [0.3, 0.4) is 0 Å². The zero-order valence-corrected chi connectivity index (χ0v) is 8.26. The Bertz CT molecular complexity index is 215. The summed E-state index contributed by atoms with van der Waals surface area (Å²) in [6, 6.07) is -0.119. The molecule has 0 bridgehead atoms. The molecule has 1 unspecified atom stereocenters. The van der Waals surface area contributed by atoms with Crippen LogP contribution in [0.1, 0.15) is 33.1 Å². The quantitative estimate of drug-likeness (QED) is 0.683. The van der Waals surface area contributed by atoms with E-state index in [4.69, 9.17) is 5.41 Å². The summed E-state index contributed by atoms with van der Waals surface area (Å²) in [6.07, 6.45) is 3.08. The lowest BCUT2D eigenvalue weighted by Crippen LogP contribution is -2.34. The summed E-state index contributed by atoms with van der Waals surface area (Å²) >= 11 is 0. The third-order valence-electron chi connectivity index (χ3n) is 2.38. The highest BCUT2D eigenvalue weighted by Gasteiger charge is 2.33. The molecular weight excluding hydrogens is 166 g/mol. The molecule has 1 aliphatic heterocycles. The lowest BCUT2D eigenvalue weighted by molar-refractivity contribution is 0.206. The van der Waals surface area contributed by atoms with Crippen molar-refractivity contribution >= 4 is 11.9 Å². The molecule has 0 aromatic rings. The van der Waals surface area contributed by atoms with E-state index in [-0.39, 0.29) is 12.1 Å². The number of nitrogens with zero attached hydrogens (tertiary/aromatic N) is 1. The second-order valence-corrected chi connectivity index (χ2v) is 3.29. The van der Waals surface area contributed by atoms with E-state index in [1.54, 1.807) is 4.90 Å². The van der Waals surface area contributed by atoms with E-state index >= 15 is 0 Å². The van der Waals surface area contributed by atoms with Crippen LogP contribution >= 0.6 is 0 Å². The van der Waals surface area contributed by atoms with Crippen molar-refractivity contribution in [2.75, 3.05) is 6.54 Å². The first-order chi connectivity index (χ1) is 6.20. The minimum Gasteiger partial charge on any atom is -0.315 e. The molecule has 0 spiro atoms. The number of amidine groups is 1. The molecule has 1 fully saturated rings. The van der Waals surface area contributed by atoms with Gasteiger partial charge in [-0.1, -0.05) is 19.8 Å². The molecule has 1 aliphatic rings. The summed E-state index contributed by atoms with van der Waals surface area (Å²) in [5.41, 5.74) is 0. The third kappa shape index (κ3) is 1.99. The number of carbonyl (C=O) groups excluding carboxylic acids is 1. The van der Waals surface area contributed by atoms with Gasteiger partial charge in [0, 0.05) is 6.54 Å². The Balaban J connectivity index is 2.58. The lowest BCUT2D eigenvalue weighted by atomic mass is 10.1. The SMILES string of the molecule is CCCCC1C(=N)NC(=O)N1CC. The normalized spacial score (nSPS) is 22.3. The number of nitrogens with one attached hydrogen (secondary N) is 2. The van der Waals surface area contributed by atoms with Crippen molar-refractivity contribution in [3.05, 3.63) is 0 Å². The van der Waals surface area contributed by atoms with Gasteiger partial charge in [-0.15, -0.1) is 0 Å². The monoisotopic (exact) mass is 183 g/mol. The van der Waals surface area contributed by atoms with Crippen LogP contribution in [0.5, 0.6) is 0 Å². The summed E-state index contributed by atoms with van der Waals surface area (Å²) in [4.78, 5) is 13.0. The van der Waals surface area contributed by atoms with Gasteiger partial charge in [-0.3, -0.25) is 10.7 Å².